The third-order valence-corrected chi connectivity index (χ3v) is 5.85. The van der Waals surface area contributed by atoms with Crippen LogP contribution in [0.4, 0.5) is 0 Å². The molecule has 0 amide bonds. The maximum atomic E-state index is 3.67. The summed E-state index contributed by atoms with van der Waals surface area (Å²) in [4.78, 5) is 0. The SMILES string of the molecule is BrCc1cc2ccc3ccc4ccc5ccc1c1c5c4c3c21. The lowest BCUT2D eigenvalue weighted by atomic mass is 9.96. The fraction of sp³-hybridized carbons (Fsp3) is 0.0476. The Hall–Kier alpha value is -2.12. The van der Waals surface area contributed by atoms with Crippen molar-refractivity contribution in [2.75, 3.05) is 0 Å². The average Bonchev–Trinajstić information content (AvgIpc) is 2.94. The molecule has 0 aliphatic heterocycles. The van der Waals surface area contributed by atoms with Crippen molar-refractivity contribution in [1.82, 2.24) is 0 Å². The van der Waals surface area contributed by atoms with Gasteiger partial charge in [0.1, 0.15) is 0 Å². The predicted octanol–water partition coefficient (Wildman–Crippen LogP) is 6.66. The molecule has 0 radical (unpaired) electrons. The van der Waals surface area contributed by atoms with Crippen LogP contribution in [0.1, 0.15) is 5.56 Å². The van der Waals surface area contributed by atoms with Crippen LogP contribution in [-0.2, 0) is 5.33 Å². The fourth-order valence-corrected chi connectivity index (χ4v) is 4.82. The first-order valence-corrected chi connectivity index (χ1v) is 8.71. The van der Waals surface area contributed by atoms with E-state index in [9.17, 15) is 0 Å². The van der Waals surface area contributed by atoms with Gasteiger partial charge >= 0.3 is 0 Å². The van der Waals surface area contributed by atoms with Crippen molar-refractivity contribution in [3.8, 4) is 0 Å². The molecule has 0 N–H and O–H groups in total. The predicted molar refractivity (Wildman–Crippen MR) is 100 cm³/mol. The van der Waals surface area contributed by atoms with Gasteiger partial charge in [-0.15, -0.1) is 0 Å². The summed E-state index contributed by atoms with van der Waals surface area (Å²) >= 11 is 3.67. The van der Waals surface area contributed by atoms with Crippen LogP contribution in [0.5, 0.6) is 0 Å². The molecule has 0 nitrogen and oxygen atoms in total. The highest BCUT2D eigenvalue weighted by Crippen LogP contribution is 2.48. The van der Waals surface area contributed by atoms with Crippen LogP contribution in [0.15, 0.2) is 54.6 Å². The van der Waals surface area contributed by atoms with Crippen LogP contribution in [0.2, 0.25) is 0 Å². The van der Waals surface area contributed by atoms with Crippen LogP contribution in [-0.4, -0.2) is 0 Å². The second kappa shape index (κ2) is 3.61. The summed E-state index contributed by atoms with van der Waals surface area (Å²) in [6.07, 6.45) is 0. The number of hydrogen-bond acceptors (Lipinski definition) is 0. The number of halogens is 1. The van der Waals surface area contributed by atoms with Gasteiger partial charge in [0.25, 0.3) is 0 Å². The molecule has 22 heavy (non-hydrogen) atoms. The lowest BCUT2D eigenvalue weighted by molar-refractivity contribution is 1.52. The molecule has 0 bridgehead atoms. The number of hydrogen-bond donors (Lipinski definition) is 0. The highest BCUT2D eigenvalue weighted by molar-refractivity contribution is 9.08. The molecule has 0 saturated heterocycles. The zero-order chi connectivity index (χ0) is 14.4. The Morgan fingerprint density at radius 1 is 0.545 bits per heavy atom. The maximum absolute atomic E-state index is 3.67. The van der Waals surface area contributed by atoms with Crippen LogP contribution >= 0.6 is 15.9 Å². The van der Waals surface area contributed by atoms with E-state index in [1.807, 2.05) is 0 Å². The molecule has 0 aromatic heterocycles. The molecule has 0 fully saturated rings. The quantitative estimate of drug-likeness (QED) is 0.231. The van der Waals surface area contributed by atoms with Crippen LogP contribution in [0.25, 0.3) is 53.9 Å². The van der Waals surface area contributed by atoms with Crippen molar-refractivity contribution < 1.29 is 0 Å². The van der Waals surface area contributed by atoms with Crippen molar-refractivity contribution in [2.24, 2.45) is 0 Å². The smallest absolute Gasteiger partial charge is 0.0289 e. The Kier molecular flexibility index (Phi) is 1.88. The summed E-state index contributed by atoms with van der Waals surface area (Å²) < 4.78 is 0. The number of alkyl halides is 1. The van der Waals surface area contributed by atoms with Crippen molar-refractivity contribution in [2.45, 2.75) is 5.33 Å². The zero-order valence-electron chi connectivity index (χ0n) is 11.8. The minimum Gasteiger partial charge on any atom is -0.0876 e. The van der Waals surface area contributed by atoms with E-state index in [2.05, 4.69) is 70.5 Å². The molecule has 0 aliphatic rings. The molecule has 0 heterocycles. The summed E-state index contributed by atoms with van der Waals surface area (Å²) in [6.45, 7) is 0. The molecule has 0 unspecified atom stereocenters. The van der Waals surface area contributed by atoms with Crippen molar-refractivity contribution >= 4 is 69.8 Å². The Labute approximate surface area is 135 Å². The zero-order valence-corrected chi connectivity index (χ0v) is 13.4. The van der Waals surface area contributed by atoms with E-state index < -0.39 is 0 Å². The minimum atomic E-state index is 0.898. The first-order valence-electron chi connectivity index (χ1n) is 7.59. The standard InChI is InChI=1S/C21H11Br/c22-10-15-9-14-6-5-12-2-1-11-3-4-13-7-8-16(15)21-19(13)17(11)18(12)20(14)21/h1-9H,10H2. The van der Waals surface area contributed by atoms with E-state index in [4.69, 9.17) is 0 Å². The van der Waals surface area contributed by atoms with Crippen LogP contribution in [0, 0.1) is 0 Å². The molecule has 6 aromatic rings. The van der Waals surface area contributed by atoms with E-state index in [1.54, 1.807) is 0 Å². The van der Waals surface area contributed by atoms with Crippen molar-refractivity contribution in [3.63, 3.8) is 0 Å². The molecular formula is C21H11Br. The van der Waals surface area contributed by atoms with Gasteiger partial charge in [-0.1, -0.05) is 64.5 Å². The molecule has 0 saturated carbocycles. The van der Waals surface area contributed by atoms with Gasteiger partial charge in [-0.25, -0.2) is 0 Å². The first kappa shape index (κ1) is 11.4. The Balaban J connectivity index is 2.18. The Bertz CT molecular complexity index is 1250. The molecule has 6 aromatic carbocycles. The van der Waals surface area contributed by atoms with E-state index in [0.717, 1.165) is 5.33 Å². The van der Waals surface area contributed by atoms with Gasteiger partial charge in [0.15, 0.2) is 0 Å². The Morgan fingerprint density at radius 3 is 1.59 bits per heavy atom. The molecule has 0 spiro atoms. The van der Waals surface area contributed by atoms with E-state index in [1.165, 1.54) is 59.4 Å². The third-order valence-electron chi connectivity index (χ3n) is 5.25. The molecule has 0 aliphatic carbocycles. The molecule has 0 atom stereocenters. The molecule has 1 heteroatoms. The van der Waals surface area contributed by atoms with E-state index in [-0.39, 0.29) is 0 Å². The number of rotatable bonds is 1. The maximum Gasteiger partial charge on any atom is 0.0289 e. The summed E-state index contributed by atoms with van der Waals surface area (Å²) in [5.41, 5.74) is 1.38. The molecular weight excluding hydrogens is 332 g/mol. The molecule has 102 valence electrons. The summed E-state index contributed by atoms with van der Waals surface area (Å²) in [7, 11) is 0. The lowest BCUT2D eigenvalue weighted by Gasteiger charge is -2.09. The molecule has 6 rings (SSSR count). The highest BCUT2D eigenvalue weighted by atomic mass is 79.9. The van der Waals surface area contributed by atoms with Gasteiger partial charge in [0.05, 0.1) is 0 Å². The third kappa shape index (κ3) is 1.11. The lowest BCUT2D eigenvalue weighted by Crippen LogP contribution is -1.84. The summed E-state index contributed by atoms with van der Waals surface area (Å²) in [5, 5.41) is 15.0. The van der Waals surface area contributed by atoms with Gasteiger partial charge in [-0.3, -0.25) is 0 Å². The van der Waals surface area contributed by atoms with Gasteiger partial charge in [0, 0.05) is 5.33 Å². The summed E-state index contributed by atoms with van der Waals surface area (Å²) in [5.74, 6) is 0. The number of benzene rings is 5. The van der Waals surface area contributed by atoms with E-state index >= 15 is 0 Å². The highest BCUT2D eigenvalue weighted by Gasteiger charge is 2.20. The monoisotopic (exact) mass is 342 g/mol. The fourth-order valence-electron chi connectivity index (χ4n) is 4.36. The van der Waals surface area contributed by atoms with Crippen LogP contribution < -0.4 is 0 Å². The van der Waals surface area contributed by atoms with Gasteiger partial charge in [-0.2, -0.15) is 0 Å². The topological polar surface area (TPSA) is 0 Å². The second-order valence-corrected chi connectivity index (χ2v) is 6.81. The van der Waals surface area contributed by atoms with Gasteiger partial charge in [0.2, 0.25) is 0 Å². The average molecular weight is 343 g/mol. The first-order chi connectivity index (χ1) is 10.9. The van der Waals surface area contributed by atoms with Crippen molar-refractivity contribution in [1.29, 1.82) is 0 Å². The minimum absolute atomic E-state index is 0.898. The second-order valence-electron chi connectivity index (χ2n) is 6.25. The largest absolute Gasteiger partial charge is 0.0876 e. The Morgan fingerprint density at radius 2 is 1.00 bits per heavy atom. The van der Waals surface area contributed by atoms with Crippen LogP contribution in [0.3, 0.4) is 0 Å². The van der Waals surface area contributed by atoms with Crippen molar-refractivity contribution in [3.05, 3.63) is 60.2 Å². The summed E-state index contributed by atoms with van der Waals surface area (Å²) in [6, 6.07) is 20.5. The van der Waals surface area contributed by atoms with Gasteiger partial charge < -0.3 is 0 Å². The normalized spacial score (nSPS) is 13.0. The van der Waals surface area contributed by atoms with Gasteiger partial charge in [-0.05, 0) is 65.5 Å². The van der Waals surface area contributed by atoms with E-state index in [0.29, 0.717) is 0 Å².